The van der Waals surface area contributed by atoms with Crippen molar-refractivity contribution in [3.05, 3.63) is 0 Å². The minimum Gasteiger partial charge on any atom is -0.481 e. The van der Waals surface area contributed by atoms with Crippen molar-refractivity contribution in [3.63, 3.8) is 0 Å². The summed E-state index contributed by atoms with van der Waals surface area (Å²) in [6, 6.07) is 0. The number of fused-ring (bicyclic) bond motifs is 5. The molecule has 4 aliphatic carbocycles. The standard InChI is InChI=1S/C25H40O4/c1-5-16-20-13-15(26)8-10-25(20,4)19-9-11-24(3)17(14(2)12-21(27)28)6-7-18(24)22(19)23(16)29/h14-20,22,26H,5-13H2,1-4H3,(H,27,28)/t14-,15-,16-,17-,18?,19?,20+,22+,24-,25-/m1/s1. The predicted molar refractivity (Wildman–Crippen MR) is 112 cm³/mol. The van der Waals surface area contributed by atoms with Crippen molar-refractivity contribution in [3.8, 4) is 0 Å². The maximum Gasteiger partial charge on any atom is 0.303 e. The van der Waals surface area contributed by atoms with Crippen LogP contribution in [0.2, 0.25) is 0 Å². The van der Waals surface area contributed by atoms with Crippen LogP contribution in [0.1, 0.15) is 85.5 Å². The van der Waals surface area contributed by atoms with Gasteiger partial charge in [-0.25, -0.2) is 0 Å². The van der Waals surface area contributed by atoms with Crippen LogP contribution in [0.25, 0.3) is 0 Å². The van der Waals surface area contributed by atoms with E-state index in [9.17, 15) is 19.8 Å². The Kier molecular flexibility index (Phi) is 5.41. The van der Waals surface area contributed by atoms with Crippen LogP contribution in [0.15, 0.2) is 0 Å². The van der Waals surface area contributed by atoms with Gasteiger partial charge >= 0.3 is 5.97 Å². The van der Waals surface area contributed by atoms with Crippen molar-refractivity contribution in [1.29, 1.82) is 0 Å². The van der Waals surface area contributed by atoms with Gasteiger partial charge in [-0.2, -0.15) is 0 Å². The van der Waals surface area contributed by atoms with Crippen LogP contribution in [0.4, 0.5) is 0 Å². The van der Waals surface area contributed by atoms with Gasteiger partial charge in [-0.3, -0.25) is 9.59 Å². The Morgan fingerprint density at radius 2 is 1.72 bits per heavy atom. The third-order valence-electron chi connectivity index (χ3n) is 10.4. The zero-order valence-corrected chi connectivity index (χ0v) is 18.7. The smallest absolute Gasteiger partial charge is 0.303 e. The van der Waals surface area contributed by atoms with E-state index in [1.54, 1.807) is 0 Å². The minimum atomic E-state index is -0.700. The van der Waals surface area contributed by atoms with E-state index < -0.39 is 5.97 Å². The van der Waals surface area contributed by atoms with Crippen LogP contribution in [0, 0.1) is 52.3 Å². The molecule has 0 aromatic rings. The molecule has 0 radical (unpaired) electrons. The monoisotopic (exact) mass is 404 g/mol. The van der Waals surface area contributed by atoms with E-state index >= 15 is 0 Å². The Morgan fingerprint density at radius 3 is 2.38 bits per heavy atom. The van der Waals surface area contributed by atoms with Crippen molar-refractivity contribution in [1.82, 2.24) is 0 Å². The summed E-state index contributed by atoms with van der Waals surface area (Å²) < 4.78 is 0. The number of aliphatic hydroxyl groups is 1. The summed E-state index contributed by atoms with van der Waals surface area (Å²) in [7, 11) is 0. The molecule has 4 saturated carbocycles. The van der Waals surface area contributed by atoms with Crippen LogP contribution in [-0.4, -0.2) is 28.1 Å². The number of carboxylic acids is 1. The lowest BCUT2D eigenvalue weighted by molar-refractivity contribution is -0.173. The van der Waals surface area contributed by atoms with Gasteiger partial charge in [0.15, 0.2) is 0 Å². The van der Waals surface area contributed by atoms with Crippen LogP contribution in [-0.2, 0) is 9.59 Å². The summed E-state index contributed by atoms with van der Waals surface area (Å²) in [6.07, 6.45) is 7.98. The topological polar surface area (TPSA) is 74.6 Å². The lowest BCUT2D eigenvalue weighted by Crippen LogP contribution is -2.60. The summed E-state index contributed by atoms with van der Waals surface area (Å²) in [6.45, 7) is 9.06. The van der Waals surface area contributed by atoms with E-state index in [0.717, 1.165) is 51.4 Å². The molecule has 0 saturated heterocycles. The molecule has 0 amide bonds. The number of carbonyl (C=O) groups excluding carboxylic acids is 1. The number of ketones is 1. The molecule has 2 unspecified atom stereocenters. The van der Waals surface area contributed by atoms with Gasteiger partial charge in [0.25, 0.3) is 0 Å². The summed E-state index contributed by atoms with van der Waals surface area (Å²) >= 11 is 0. The van der Waals surface area contributed by atoms with Crippen LogP contribution < -0.4 is 0 Å². The lowest BCUT2D eigenvalue weighted by Gasteiger charge is -2.62. The molecule has 0 spiro atoms. The molecule has 0 bridgehead atoms. The normalized spacial score (nSPS) is 50.4. The fraction of sp³-hybridized carbons (Fsp3) is 0.920. The molecular weight excluding hydrogens is 364 g/mol. The molecule has 4 aliphatic rings. The van der Waals surface area contributed by atoms with Crippen molar-refractivity contribution in [2.45, 2.75) is 91.6 Å². The summed E-state index contributed by atoms with van der Waals surface area (Å²) in [5.41, 5.74) is 0.270. The molecule has 0 aromatic heterocycles. The Bertz CT molecular complexity index is 674. The van der Waals surface area contributed by atoms with Gasteiger partial charge in [0.2, 0.25) is 0 Å². The molecular formula is C25H40O4. The summed E-state index contributed by atoms with van der Waals surface area (Å²) in [5, 5.41) is 19.7. The van der Waals surface area contributed by atoms with Gasteiger partial charge in [-0.1, -0.05) is 27.7 Å². The number of carbonyl (C=O) groups is 2. The third-order valence-corrected chi connectivity index (χ3v) is 10.4. The molecule has 29 heavy (non-hydrogen) atoms. The molecule has 4 rings (SSSR count). The van der Waals surface area contributed by atoms with E-state index in [-0.39, 0.29) is 41.1 Å². The van der Waals surface area contributed by atoms with Crippen LogP contribution in [0.3, 0.4) is 0 Å². The SMILES string of the molecule is CC[C@H]1C(=O)[C@H]2C3CC[C@H]([C@H](C)CC(=O)O)[C@@]3(C)CCC2[C@@]2(C)CC[C@@H](O)C[C@@H]12. The quantitative estimate of drug-likeness (QED) is 0.696. The number of aliphatic carboxylic acids is 1. The fourth-order valence-corrected chi connectivity index (χ4v) is 9.03. The van der Waals surface area contributed by atoms with Gasteiger partial charge in [0, 0.05) is 18.3 Å². The molecule has 0 aliphatic heterocycles. The van der Waals surface area contributed by atoms with Crippen molar-refractivity contribution in [2.75, 3.05) is 0 Å². The average molecular weight is 405 g/mol. The van der Waals surface area contributed by atoms with Crippen LogP contribution >= 0.6 is 0 Å². The first-order valence-electron chi connectivity index (χ1n) is 12.1. The number of carboxylic acid groups (broad SMARTS) is 1. The Hall–Kier alpha value is -0.900. The third kappa shape index (κ3) is 3.11. The Labute approximate surface area is 175 Å². The molecule has 164 valence electrons. The van der Waals surface area contributed by atoms with Crippen molar-refractivity contribution < 1.29 is 19.8 Å². The number of Topliss-reactive ketones (excluding diaryl/α,β-unsaturated/α-hetero) is 1. The fourth-order valence-electron chi connectivity index (χ4n) is 9.03. The predicted octanol–water partition coefficient (Wildman–Crippen LogP) is 4.93. The van der Waals surface area contributed by atoms with Gasteiger partial charge in [0.05, 0.1) is 6.10 Å². The molecule has 10 atom stereocenters. The molecule has 4 nitrogen and oxygen atoms in total. The zero-order valence-electron chi connectivity index (χ0n) is 18.7. The molecule has 0 aromatic carbocycles. The maximum absolute atomic E-state index is 13.9. The number of hydrogen-bond donors (Lipinski definition) is 2. The lowest BCUT2D eigenvalue weighted by atomic mass is 9.42. The second kappa shape index (κ2) is 7.35. The van der Waals surface area contributed by atoms with E-state index in [1.807, 2.05) is 0 Å². The minimum absolute atomic E-state index is 0.0917. The van der Waals surface area contributed by atoms with Gasteiger partial charge in [-0.05, 0) is 91.8 Å². The number of hydrogen-bond acceptors (Lipinski definition) is 3. The zero-order chi connectivity index (χ0) is 21.1. The molecule has 4 fully saturated rings. The first kappa shape index (κ1) is 21.3. The highest BCUT2D eigenvalue weighted by Gasteiger charge is 2.65. The van der Waals surface area contributed by atoms with E-state index in [4.69, 9.17) is 0 Å². The van der Waals surface area contributed by atoms with Crippen molar-refractivity contribution in [2.24, 2.45) is 52.3 Å². The van der Waals surface area contributed by atoms with Crippen LogP contribution in [0.5, 0.6) is 0 Å². The molecule has 2 N–H and O–H groups in total. The highest BCUT2D eigenvalue weighted by molar-refractivity contribution is 5.86. The van der Waals surface area contributed by atoms with E-state index in [1.165, 1.54) is 0 Å². The highest BCUT2D eigenvalue weighted by Crippen LogP contribution is 2.68. The number of aliphatic hydroxyl groups excluding tert-OH is 1. The second-order valence-corrected chi connectivity index (χ2v) is 11.5. The largest absolute Gasteiger partial charge is 0.481 e. The number of rotatable bonds is 4. The Balaban J connectivity index is 1.67. The Morgan fingerprint density at radius 1 is 1.07 bits per heavy atom. The van der Waals surface area contributed by atoms with Gasteiger partial charge in [-0.15, -0.1) is 0 Å². The second-order valence-electron chi connectivity index (χ2n) is 11.5. The van der Waals surface area contributed by atoms with E-state index in [0.29, 0.717) is 29.5 Å². The molecule has 0 heterocycles. The highest BCUT2D eigenvalue weighted by atomic mass is 16.4. The maximum atomic E-state index is 13.9. The van der Waals surface area contributed by atoms with Gasteiger partial charge in [0.1, 0.15) is 5.78 Å². The van der Waals surface area contributed by atoms with E-state index in [2.05, 4.69) is 27.7 Å². The summed E-state index contributed by atoms with van der Waals surface area (Å²) in [4.78, 5) is 25.2. The van der Waals surface area contributed by atoms with Gasteiger partial charge < -0.3 is 10.2 Å². The first-order valence-corrected chi connectivity index (χ1v) is 12.1. The summed E-state index contributed by atoms with van der Waals surface area (Å²) in [5.74, 6) is 1.80. The average Bonchev–Trinajstić information content (AvgIpc) is 3.00. The van der Waals surface area contributed by atoms with Crippen molar-refractivity contribution >= 4 is 11.8 Å². The molecule has 4 heteroatoms. The first-order chi connectivity index (χ1) is 13.6.